The molecule has 0 saturated carbocycles. The number of methoxy groups -OCH3 is 3. The second-order valence-corrected chi connectivity index (χ2v) is 7.22. The molecule has 1 amide bonds. The molecule has 0 aliphatic carbocycles. The van der Waals surface area contributed by atoms with Crippen molar-refractivity contribution in [2.75, 3.05) is 21.3 Å². The van der Waals surface area contributed by atoms with E-state index in [1.54, 1.807) is 19.1 Å². The first-order valence-electron chi connectivity index (χ1n) is 9.88. The number of carbonyl (C=O) groups is 1. The van der Waals surface area contributed by atoms with E-state index in [9.17, 15) is 19.5 Å². The number of nitrogens with zero attached hydrogens (tertiary/aromatic N) is 4. The summed E-state index contributed by atoms with van der Waals surface area (Å²) in [4.78, 5) is 37.6. The maximum Gasteiger partial charge on any atom is 0.333 e. The third-order valence-electron chi connectivity index (χ3n) is 5.46. The number of carbonyl (C=O) groups excluding carboxylic acids is 1. The van der Waals surface area contributed by atoms with E-state index in [2.05, 4.69) is 5.10 Å². The maximum atomic E-state index is 12.8. The fourth-order valence-electron chi connectivity index (χ4n) is 3.69. The van der Waals surface area contributed by atoms with Crippen LogP contribution in [0.4, 0.5) is 0 Å². The molecule has 11 nitrogen and oxygen atoms in total. The van der Waals surface area contributed by atoms with E-state index in [0.29, 0.717) is 22.8 Å². The molecule has 1 aromatic heterocycles. The molecular weight excluding hydrogens is 420 g/mol. The van der Waals surface area contributed by atoms with Crippen molar-refractivity contribution in [2.24, 2.45) is 19.2 Å². The largest absolute Gasteiger partial charge is 0.494 e. The van der Waals surface area contributed by atoms with Gasteiger partial charge in [0.2, 0.25) is 17.5 Å². The van der Waals surface area contributed by atoms with Gasteiger partial charge in [0.05, 0.1) is 33.1 Å². The summed E-state index contributed by atoms with van der Waals surface area (Å²) >= 11 is 0. The number of hydrazone groups is 1. The van der Waals surface area contributed by atoms with Gasteiger partial charge >= 0.3 is 5.69 Å². The third kappa shape index (κ3) is 3.59. The highest BCUT2D eigenvalue weighted by atomic mass is 16.5. The highest BCUT2D eigenvalue weighted by molar-refractivity contribution is 6.04. The van der Waals surface area contributed by atoms with Crippen LogP contribution in [0, 0.1) is 0 Å². The van der Waals surface area contributed by atoms with Crippen LogP contribution in [0.25, 0.3) is 0 Å². The Morgan fingerprint density at radius 3 is 2.19 bits per heavy atom. The van der Waals surface area contributed by atoms with Crippen LogP contribution in [0.2, 0.25) is 0 Å². The van der Waals surface area contributed by atoms with E-state index in [4.69, 9.17) is 14.2 Å². The van der Waals surface area contributed by atoms with E-state index < -0.39 is 23.2 Å². The van der Waals surface area contributed by atoms with Gasteiger partial charge in [-0.1, -0.05) is 6.92 Å². The number of hydrogen-bond donors (Lipinski definition) is 1. The zero-order chi connectivity index (χ0) is 23.7. The molecule has 1 aromatic carbocycles. The second kappa shape index (κ2) is 8.77. The molecule has 2 aromatic rings. The summed E-state index contributed by atoms with van der Waals surface area (Å²) in [6.45, 7) is 1.70. The Bertz CT molecular complexity index is 1190. The molecular formula is C21H26N4O7. The lowest BCUT2D eigenvalue weighted by Crippen LogP contribution is -2.39. The molecule has 172 valence electrons. The minimum Gasteiger partial charge on any atom is -0.494 e. The van der Waals surface area contributed by atoms with E-state index in [1.165, 1.54) is 40.4 Å². The Kier molecular flexibility index (Phi) is 6.28. The zero-order valence-corrected chi connectivity index (χ0v) is 18.8. The van der Waals surface area contributed by atoms with E-state index in [1.807, 2.05) is 0 Å². The first-order chi connectivity index (χ1) is 15.2. The minimum absolute atomic E-state index is 0.126. The quantitative estimate of drug-likeness (QED) is 0.699. The van der Waals surface area contributed by atoms with Crippen molar-refractivity contribution in [3.63, 3.8) is 0 Å². The van der Waals surface area contributed by atoms with Gasteiger partial charge in [0.25, 0.3) is 5.56 Å². The van der Waals surface area contributed by atoms with Crippen molar-refractivity contribution >= 4 is 11.6 Å². The molecule has 1 aliphatic rings. The Balaban J connectivity index is 2.18. The van der Waals surface area contributed by atoms with Gasteiger partial charge in [-0.3, -0.25) is 18.7 Å². The zero-order valence-electron chi connectivity index (χ0n) is 18.8. The summed E-state index contributed by atoms with van der Waals surface area (Å²) in [5.74, 6) is 0.419. The number of hydrogen-bond acceptors (Lipinski definition) is 8. The molecule has 1 N–H and O–H groups in total. The number of ether oxygens (including phenoxy) is 3. The molecule has 0 unspecified atom stereocenters. The Hall–Kier alpha value is -3.76. The topological polar surface area (TPSA) is 125 Å². The van der Waals surface area contributed by atoms with Crippen LogP contribution < -0.4 is 25.5 Å². The van der Waals surface area contributed by atoms with E-state index in [-0.39, 0.29) is 30.0 Å². The van der Waals surface area contributed by atoms with Crippen LogP contribution in [0.3, 0.4) is 0 Å². The number of rotatable bonds is 6. The van der Waals surface area contributed by atoms with Crippen molar-refractivity contribution in [2.45, 2.75) is 25.8 Å². The molecule has 0 fully saturated rings. The number of benzene rings is 1. The van der Waals surface area contributed by atoms with Crippen molar-refractivity contribution in [3.8, 4) is 23.1 Å². The fraction of sp³-hybridized carbons (Fsp3) is 0.429. The molecule has 0 saturated heterocycles. The first-order valence-corrected chi connectivity index (χ1v) is 9.88. The maximum absolute atomic E-state index is 12.8. The average Bonchev–Trinajstić information content (AvgIpc) is 3.24. The summed E-state index contributed by atoms with van der Waals surface area (Å²) in [7, 11) is 7.12. The first kappa shape index (κ1) is 22.9. The predicted molar refractivity (Wildman–Crippen MR) is 116 cm³/mol. The molecule has 1 aliphatic heterocycles. The van der Waals surface area contributed by atoms with Gasteiger partial charge in [-0.25, -0.2) is 9.80 Å². The van der Waals surface area contributed by atoms with Gasteiger partial charge in [0.15, 0.2) is 11.5 Å². The van der Waals surface area contributed by atoms with E-state index >= 15 is 0 Å². The Morgan fingerprint density at radius 2 is 1.69 bits per heavy atom. The summed E-state index contributed by atoms with van der Waals surface area (Å²) in [5, 5.41) is 16.2. The van der Waals surface area contributed by atoms with Gasteiger partial charge in [-0.15, -0.1) is 0 Å². The van der Waals surface area contributed by atoms with Crippen LogP contribution in [-0.2, 0) is 18.9 Å². The van der Waals surface area contributed by atoms with Crippen molar-refractivity contribution in [1.29, 1.82) is 0 Å². The summed E-state index contributed by atoms with van der Waals surface area (Å²) < 4.78 is 18.0. The normalized spacial score (nSPS) is 15.5. The lowest BCUT2D eigenvalue weighted by atomic mass is 9.98. The molecule has 2 heterocycles. The monoisotopic (exact) mass is 446 g/mol. The second-order valence-electron chi connectivity index (χ2n) is 7.22. The molecule has 0 spiro atoms. The van der Waals surface area contributed by atoms with Crippen LogP contribution in [0.15, 0.2) is 26.8 Å². The van der Waals surface area contributed by atoms with Crippen molar-refractivity contribution < 1.29 is 24.1 Å². The summed E-state index contributed by atoms with van der Waals surface area (Å²) in [5.41, 5.74) is -0.657. The highest BCUT2D eigenvalue weighted by Gasteiger charge is 2.36. The smallest absolute Gasteiger partial charge is 0.333 e. The van der Waals surface area contributed by atoms with Gasteiger partial charge in [0, 0.05) is 26.9 Å². The fourth-order valence-corrected chi connectivity index (χ4v) is 3.69. The van der Waals surface area contributed by atoms with Gasteiger partial charge in [-0.2, -0.15) is 5.10 Å². The van der Waals surface area contributed by atoms with Crippen LogP contribution >= 0.6 is 0 Å². The lowest BCUT2D eigenvalue weighted by Gasteiger charge is -2.23. The number of aromatic hydroxyl groups is 1. The molecule has 0 radical (unpaired) electrons. The number of amides is 1. The summed E-state index contributed by atoms with van der Waals surface area (Å²) in [6.07, 6.45) is 0.306. The van der Waals surface area contributed by atoms with Gasteiger partial charge in [0.1, 0.15) is 5.56 Å². The average molecular weight is 446 g/mol. The van der Waals surface area contributed by atoms with Crippen molar-refractivity contribution in [1.82, 2.24) is 14.1 Å². The molecule has 1 atom stereocenters. The molecule has 3 rings (SSSR count). The molecule has 11 heteroatoms. The molecule has 32 heavy (non-hydrogen) atoms. The SMILES string of the molecule is CCC(=O)N1N=C(c2c(O)n(C)c(=O)n(C)c2=O)C[C@H]1c1cc(OC)c(OC)c(OC)c1. The van der Waals surface area contributed by atoms with Gasteiger partial charge in [-0.05, 0) is 17.7 Å². The van der Waals surface area contributed by atoms with Crippen molar-refractivity contribution in [3.05, 3.63) is 44.1 Å². The van der Waals surface area contributed by atoms with Crippen LogP contribution in [0.1, 0.15) is 36.9 Å². The van der Waals surface area contributed by atoms with Crippen LogP contribution in [0.5, 0.6) is 23.1 Å². The lowest BCUT2D eigenvalue weighted by molar-refractivity contribution is -0.132. The Morgan fingerprint density at radius 1 is 1.09 bits per heavy atom. The highest BCUT2D eigenvalue weighted by Crippen LogP contribution is 2.43. The molecule has 0 bridgehead atoms. The Labute approximate surface area is 184 Å². The predicted octanol–water partition coefficient (Wildman–Crippen LogP) is 0.903. The van der Waals surface area contributed by atoms with E-state index in [0.717, 1.165) is 9.13 Å². The number of aromatic nitrogens is 2. The van der Waals surface area contributed by atoms with Crippen LogP contribution in [-0.4, -0.2) is 52.2 Å². The standard InChI is InChI=1S/C21H26N4O7/c1-7-16(26)25-13(11-8-14(30-4)18(32-6)15(9-11)31-5)10-12(22-25)17-19(27)23(2)21(29)24(3)20(17)28/h8-9,13,27H,7,10H2,1-6H3/t13-/m0/s1. The summed E-state index contributed by atoms with van der Waals surface area (Å²) in [6, 6.07) is 2.82. The van der Waals surface area contributed by atoms with Gasteiger partial charge < -0.3 is 19.3 Å². The third-order valence-corrected chi connectivity index (χ3v) is 5.46. The minimum atomic E-state index is -0.696.